The van der Waals surface area contributed by atoms with E-state index in [9.17, 15) is 29.1 Å². The van der Waals surface area contributed by atoms with Crippen LogP contribution in [0.5, 0.6) is 23.0 Å². The minimum absolute atomic E-state index is 0.0136. The van der Waals surface area contributed by atoms with Crippen molar-refractivity contribution < 1.29 is 57.5 Å². The highest BCUT2D eigenvalue weighted by molar-refractivity contribution is 5.98. The molecule has 81 heavy (non-hydrogen) atoms. The molecule has 2 aliphatic rings. The number of hydrogen-bond acceptors (Lipinski definition) is 14. The fraction of sp³-hybridized carbons (Fsp3) is 0.400. The van der Waals surface area contributed by atoms with Crippen LogP contribution in [0.15, 0.2) is 146 Å². The Morgan fingerprint density at radius 2 is 0.963 bits per heavy atom. The maximum absolute atomic E-state index is 13.5. The number of cyclic esters (lactones) is 2. The van der Waals surface area contributed by atoms with Gasteiger partial charge in [0.1, 0.15) is 24.3 Å². The number of carbonyl (C=O) groups excluding carboxylic acids is 5. The number of aromatic nitrogens is 2. The van der Waals surface area contributed by atoms with Crippen molar-refractivity contribution >= 4 is 29.7 Å². The van der Waals surface area contributed by atoms with E-state index in [2.05, 4.69) is 69.1 Å². The molecule has 6 aromatic rings. The SMILES string of the molecule is COc1ccnc(C(=O)NC2CCC[C@H](Cc3ccccc3)[C@@H](Cc3ccccc3)[C@H](C)OC2=O)c1O.COc1ccnc(C(=O)NC2CCC[C@H](Cc3ccccc3)[C@@H](Cc3ccccc3)[C@H](C)OC2=O)c1OCOC(=O)C(C)C. The summed E-state index contributed by atoms with van der Waals surface area (Å²) in [6, 6.07) is 42.6. The van der Waals surface area contributed by atoms with E-state index < -0.39 is 48.6 Å². The molecule has 2 aromatic heterocycles. The van der Waals surface area contributed by atoms with Gasteiger partial charge in [-0.05, 0) is 99.3 Å². The Kier molecular flexibility index (Phi) is 22.6. The van der Waals surface area contributed by atoms with E-state index in [0.717, 1.165) is 51.4 Å². The first kappa shape index (κ1) is 60.4. The first-order chi connectivity index (χ1) is 39.2. The van der Waals surface area contributed by atoms with Gasteiger partial charge in [0.05, 0.1) is 20.1 Å². The smallest absolute Gasteiger partial charge is 0.328 e. The average molecular weight is 1110 g/mol. The molecule has 3 N–H and O–H groups in total. The highest BCUT2D eigenvalue weighted by Crippen LogP contribution is 2.36. The topological polar surface area (TPSA) is 211 Å². The number of benzene rings is 4. The van der Waals surface area contributed by atoms with Crippen LogP contribution in [-0.2, 0) is 54.3 Å². The Morgan fingerprint density at radius 3 is 1.38 bits per heavy atom. The van der Waals surface area contributed by atoms with E-state index in [4.69, 9.17) is 28.4 Å². The molecule has 2 aliphatic heterocycles. The lowest BCUT2D eigenvalue weighted by Crippen LogP contribution is -2.43. The molecule has 0 bridgehead atoms. The predicted octanol–water partition coefficient (Wildman–Crippen LogP) is 10.3. The van der Waals surface area contributed by atoms with Gasteiger partial charge < -0.3 is 44.2 Å². The van der Waals surface area contributed by atoms with Crippen molar-refractivity contribution in [3.8, 4) is 23.0 Å². The van der Waals surface area contributed by atoms with Crippen LogP contribution in [0.2, 0.25) is 0 Å². The molecule has 2 fully saturated rings. The zero-order valence-corrected chi connectivity index (χ0v) is 47.2. The second-order valence-corrected chi connectivity index (χ2v) is 21.1. The maximum Gasteiger partial charge on any atom is 0.328 e. The summed E-state index contributed by atoms with van der Waals surface area (Å²) < 4.78 is 33.3. The minimum atomic E-state index is -0.877. The van der Waals surface area contributed by atoms with Crippen molar-refractivity contribution in [1.29, 1.82) is 0 Å². The summed E-state index contributed by atoms with van der Waals surface area (Å²) in [5.41, 5.74) is 4.62. The number of rotatable bonds is 18. The lowest BCUT2D eigenvalue weighted by atomic mass is 9.77. The van der Waals surface area contributed by atoms with Gasteiger partial charge >= 0.3 is 17.9 Å². The first-order valence-corrected chi connectivity index (χ1v) is 28.0. The Morgan fingerprint density at radius 1 is 0.568 bits per heavy atom. The molecule has 2 saturated heterocycles. The molecule has 0 aliphatic carbocycles. The quantitative estimate of drug-likeness (QED) is 0.0415. The van der Waals surface area contributed by atoms with Crippen LogP contribution in [0.4, 0.5) is 0 Å². The molecule has 16 nitrogen and oxygen atoms in total. The number of aromatic hydroxyl groups is 1. The number of methoxy groups -OCH3 is 2. The highest BCUT2D eigenvalue weighted by Gasteiger charge is 2.37. The number of ether oxygens (including phenoxy) is 6. The van der Waals surface area contributed by atoms with Gasteiger partial charge in [0.15, 0.2) is 34.4 Å². The molecular formula is C65H76N4O12. The standard InChI is InChI=1S/C35H42N2O7.C30H34N2O5/c1-23(2)34(39)43-22-42-32-30(41-4)18-19-36-31(32)33(38)37-29-17-11-16-27(20-25-12-7-5-8-13-25)28(24(3)44-35(29)40)21-26-14-9-6-10-15-26;1-20-24(19-22-12-7-4-8-13-22)23(18-21-10-5-3-6-11-21)14-9-15-25(30(35)37-20)32-29(34)27-28(33)26(36-2)16-17-31-27/h5-10,12-15,18-19,23-24,27-29H,11,16-17,20-22H2,1-4H3,(H,37,38);3-8,10-13,16-17,20,23-25,33H,9,14-15,18-19H2,1-2H3,(H,32,34)/t24-,27+,28-,29?;20-,23+,24-,25?/m00/s1. The third kappa shape index (κ3) is 17.4. The van der Waals surface area contributed by atoms with Crippen molar-refractivity contribution in [3.63, 3.8) is 0 Å². The van der Waals surface area contributed by atoms with Crippen molar-refractivity contribution in [2.45, 2.75) is 116 Å². The van der Waals surface area contributed by atoms with E-state index in [-0.39, 0.29) is 70.3 Å². The lowest BCUT2D eigenvalue weighted by Gasteiger charge is -2.31. The van der Waals surface area contributed by atoms with Crippen LogP contribution in [0.1, 0.15) is 109 Å². The monoisotopic (exact) mass is 1100 g/mol. The van der Waals surface area contributed by atoms with Crippen LogP contribution in [0, 0.1) is 29.6 Å². The van der Waals surface area contributed by atoms with Crippen molar-refractivity contribution in [3.05, 3.63) is 179 Å². The highest BCUT2D eigenvalue weighted by atomic mass is 16.7. The molecular weight excluding hydrogens is 1030 g/mol. The van der Waals surface area contributed by atoms with Gasteiger partial charge in [-0.3, -0.25) is 14.4 Å². The summed E-state index contributed by atoms with van der Waals surface area (Å²) in [6.45, 7) is 6.88. The fourth-order valence-electron chi connectivity index (χ4n) is 10.8. The molecule has 2 unspecified atom stereocenters. The van der Waals surface area contributed by atoms with Crippen LogP contribution in [0.3, 0.4) is 0 Å². The fourth-order valence-corrected chi connectivity index (χ4v) is 10.8. The molecule has 4 heterocycles. The Balaban J connectivity index is 0.000000237. The molecule has 8 atom stereocenters. The first-order valence-electron chi connectivity index (χ1n) is 28.0. The molecule has 16 heteroatoms. The molecule has 0 saturated carbocycles. The summed E-state index contributed by atoms with van der Waals surface area (Å²) in [4.78, 5) is 73.2. The number of nitrogens with zero attached hydrogens (tertiary/aromatic N) is 2. The summed E-state index contributed by atoms with van der Waals surface area (Å²) in [6.07, 6.45) is 9.46. The molecule has 4 aromatic carbocycles. The maximum atomic E-state index is 13.5. The van der Waals surface area contributed by atoms with Crippen molar-refractivity contribution in [2.24, 2.45) is 29.6 Å². The number of esters is 3. The van der Waals surface area contributed by atoms with Crippen molar-refractivity contribution in [2.75, 3.05) is 21.0 Å². The summed E-state index contributed by atoms with van der Waals surface area (Å²) >= 11 is 0. The van der Waals surface area contributed by atoms with Gasteiger partial charge in [0.25, 0.3) is 11.8 Å². The van der Waals surface area contributed by atoms with Gasteiger partial charge in [0, 0.05) is 36.4 Å². The van der Waals surface area contributed by atoms with Crippen LogP contribution in [0.25, 0.3) is 0 Å². The molecule has 8 rings (SSSR count). The second kappa shape index (κ2) is 30.4. The van der Waals surface area contributed by atoms with E-state index in [1.165, 1.54) is 61.0 Å². The molecule has 0 radical (unpaired) electrons. The molecule has 2 amide bonds. The number of pyridine rings is 2. The summed E-state index contributed by atoms with van der Waals surface area (Å²) in [7, 11) is 2.82. The van der Waals surface area contributed by atoms with E-state index in [0.29, 0.717) is 18.8 Å². The summed E-state index contributed by atoms with van der Waals surface area (Å²) in [5, 5.41) is 15.9. The third-order valence-electron chi connectivity index (χ3n) is 15.1. The number of hydrogen-bond donors (Lipinski definition) is 3. The van der Waals surface area contributed by atoms with Crippen LogP contribution in [-0.4, -0.2) is 90.1 Å². The van der Waals surface area contributed by atoms with Crippen LogP contribution >= 0.6 is 0 Å². The van der Waals surface area contributed by atoms with Gasteiger partial charge in [-0.25, -0.2) is 19.6 Å². The minimum Gasteiger partial charge on any atom is -0.503 e. The molecule has 428 valence electrons. The predicted molar refractivity (Wildman–Crippen MR) is 306 cm³/mol. The number of amides is 2. The average Bonchev–Trinajstić information content (AvgIpc) is 3.59. The van der Waals surface area contributed by atoms with E-state index in [1.807, 2.05) is 86.6 Å². The van der Waals surface area contributed by atoms with Crippen LogP contribution < -0.4 is 24.8 Å². The largest absolute Gasteiger partial charge is 0.503 e. The number of nitrogens with one attached hydrogen (secondary N) is 2. The Hall–Kier alpha value is -8.27. The van der Waals surface area contributed by atoms with Gasteiger partial charge in [-0.1, -0.05) is 148 Å². The zero-order chi connectivity index (χ0) is 57.7. The normalized spacial score (nSPS) is 21.2. The van der Waals surface area contributed by atoms with Gasteiger partial charge in [0.2, 0.25) is 6.79 Å². The third-order valence-corrected chi connectivity index (χ3v) is 15.1. The Labute approximate surface area is 475 Å². The van der Waals surface area contributed by atoms with E-state index >= 15 is 0 Å². The van der Waals surface area contributed by atoms with Crippen molar-refractivity contribution in [1.82, 2.24) is 20.6 Å². The lowest BCUT2D eigenvalue weighted by molar-refractivity contribution is -0.155. The molecule has 0 spiro atoms. The second-order valence-electron chi connectivity index (χ2n) is 21.1. The number of carbonyl (C=O) groups is 5. The zero-order valence-electron chi connectivity index (χ0n) is 47.2. The Bertz CT molecular complexity index is 2970. The summed E-state index contributed by atoms with van der Waals surface area (Å²) in [5.74, 6) is -2.22. The van der Waals surface area contributed by atoms with Gasteiger partial charge in [-0.15, -0.1) is 0 Å². The van der Waals surface area contributed by atoms with Gasteiger partial charge in [-0.2, -0.15) is 0 Å². The van der Waals surface area contributed by atoms with E-state index in [1.54, 1.807) is 13.8 Å².